The van der Waals surface area contributed by atoms with Crippen LogP contribution in [0.25, 0.3) is 0 Å². The number of benzene rings is 2. The summed E-state index contributed by atoms with van der Waals surface area (Å²) >= 11 is 0. The Morgan fingerprint density at radius 2 is 1.91 bits per heavy atom. The van der Waals surface area contributed by atoms with Gasteiger partial charge in [0.25, 0.3) is 0 Å². The Morgan fingerprint density at radius 3 is 2.51 bits per heavy atom. The van der Waals surface area contributed by atoms with Gasteiger partial charge in [0.05, 0.1) is 18.2 Å². The first-order chi connectivity index (χ1) is 16.5. The lowest BCUT2D eigenvalue weighted by Crippen LogP contribution is -2.49. The molecular weight excluding hydrogens is 450 g/mol. The molecule has 0 spiro atoms. The smallest absolute Gasteiger partial charge is 0.217 e. The van der Waals surface area contributed by atoms with Crippen LogP contribution in [0.1, 0.15) is 56.8 Å². The van der Waals surface area contributed by atoms with Crippen LogP contribution in [-0.4, -0.2) is 42.8 Å². The Morgan fingerprint density at radius 1 is 1.23 bits per heavy atom. The maximum absolute atomic E-state index is 13.7. The van der Waals surface area contributed by atoms with Crippen LogP contribution in [0.15, 0.2) is 36.4 Å². The summed E-state index contributed by atoms with van der Waals surface area (Å²) in [5.41, 5.74) is 3.53. The average Bonchev–Trinajstić information content (AvgIpc) is 2.76. The molecule has 2 aromatic rings. The topological polar surface area (TPSA) is 88.4 Å². The van der Waals surface area contributed by atoms with Crippen LogP contribution >= 0.6 is 0 Å². The van der Waals surface area contributed by atoms with Crippen LogP contribution in [0.4, 0.5) is 14.5 Å². The minimum atomic E-state index is -0.989. The van der Waals surface area contributed by atoms with Crippen molar-refractivity contribution in [3.8, 4) is 6.07 Å². The van der Waals surface area contributed by atoms with Crippen molar-refractivity contribution in [1.29, 1.82) is 5.26 Å². The predicted octanol–water partition coefficient (Wildman–Crippen LogP) is 3.73. The van der Waals surface area contributed by atoms with Crippen molar-refractivity contribution in [2.24, 2.45) is 0 Å². The van der Waals surface area contributed by atoms with E-state index in [1.807, 2.05) is 0 Å². The molecule has 0 aliphatic carbocycles. The number of carbonyl (C=O) groups excluding carboxylic acids is 1. The van der Waals surface area contributed by atoms with E-state index in [1.54, 1.807) is 0 Å². The molecule has 6 nitrogen and oxygen atoms in total. The fourth-order valence-corrected chi connectivity index (χ4v) is 4.54. The number of aliphatic hydroxyl groups excluding tert-OH is 1. The van der Waals surface area contributed by atoms with E-state index in [9.17, 15) is 23.9 Å². The molecule has 0 saturated carbocycles. The van der Waals surface area contributed by atoms with Gasteiger partial charge in [-0.1, -0.05) is 32.9 Å². The van der Waals surface area contributed by atoms with E-state index in [4.69, 9.17) is 0 Å². The second-order valence-electron chi connectivity index (χ2n) is 10.2. The van der Waals surface area contributed by atoms with Gasteiger partial charge in [-0.2, -0.15) is 5.26 Å². The third-order valence-corrected chi connectivity index (χ3v) is 6.36. The first-order valence-corrected chi connectivity index (χ1v) is 11.9. The number of hydrogen-bond acceptors (Lipinski definition) is 5. The Bertz CT molecular complexity index is 1070. The molecule has 35 heavy (non-hydrogen) atoms. The number of anilines is 1. The number of fused-ring (bicyclic) bond motifs is 1. The summed E-state index contributed by atoms with van der Waals surface area (Å²) in [6, 6.07) is 10.9. The van der Waals surface area contributed by atoms with Crippen LogP contribution in [0.2, 0.25) is 0 Å². The third-order valence-electron chi connectivity index (χ3n) is 6.36. The Balaban J connectivity index is 1.79. The van der Waals surface area contributed by atoms with Gasteiger partial charge in [-0.05, 0) is 53.1 Å². The molecule has 0 saturated heterocycles. The molecule has 3 atom stereocenters. The van der Waals surface area contributed by atoms with Gasteiger partial charge in [0.2, 0.25) is 5.91 Å². The zero-order chi connectivity index (χ0) is 25.8. The summed E-state index contributed by atoms with van der Waals surface area (Å²) < 4.78 is 27.3. The number of nitrogens with zero attached hydrogens (tertiary/aromatic N) is 2. The normalized spacial score (nSPS) is 17.3. The summed E-state index contributed by atoms with van der Waals surface area (Å²) in [5, 5.41) is 26.3. The number of hydrogen-bond donors (Lipinski definition) is 3. The second-order valence-corrected chi connectivity index (χ2v) is 10.2. The first-order valence-electron chi connectivity index (χ1n) is 11.9. The van der Waals surface area contributed by atoms with Crippen molar-refractivity contribution >= 4 is 11.6 Å². The fourth-order valence-electron chi connectivity index (χ4n) is 4.54. The Labute approximate surface area is 205 Å². The van der Waals surface area contributed by atoms with Gasteiger partial charge in [-0.3, -0.25) is 4.79 Å². The second kappa shape index (κ2) is 11.1. The minimum absolute atomic E-state index is 0.0483. The highest BCUT2D eigenvalue weighted by Gasteiger charge is 2.29. The molecule has 2 aromatic carbocycles. The molecular formula is C27H34F2N4O2. The number of amides is 1. The van der Waals surface area contributed by atoms with Gasteiger partial charge in [-0.15, -0.1) is 0 Å². The predicted molar refractivity (Wildman–Crippen MR) is 132 cm³/mol. The van der Waals surface area contributed by atoms with Crippen LogP contribution < -0.4 is 15.5 Å². The summed E-state index contributed by atoms with van der Waals surface area (Å²) in [7, 11) is 0. The third kappa shape index (κ3) is 7.00. The molecule has 8 heteroatoms. The van der Waals surface area contributed by atoms with Crippen molar-refractivity contribution in [1.82, 2.24) is 10.6 Å². The Kier molecular flexibility index (Phi) is 8.47. The molecule has 0 aromatic heterocycles. The number of rotatable bonds is 8. The highest BCUT2D eigenvalue weighted by atomic mass is 19.1. The molecule has 188 valence electrons. The first kappa shape index (κ1) is 26.6. The van der Waals surface area contributed by atoms with E-state index in [1.165, 1.54) is 24.6 Å². The molecule has 0 fully saturated rings. The minimum Gasteiger partial charge on any atom is -0.390 e. The lowest BCUT2D eigenvalue weighted by Gasteiger charge is -2.37. The van der Waals surface area contributed by atoms with Crippen molar-refractivity contribution < 1.29 is 18.7 Å². The highest BCUT2D eigenvalue weighted by molar-refractivity contribution is 5.73. The van der Waals surface area contributed by atoms with Crippen LogP contribution in [0, 0.1) is 23.0 Å². The van der Waals surface area contributed by atoms with E-state index in [0.717, 1.165) is 23.7 Å². The summed E-state index contributed by atoms with van der Waals surface area (Å²) in [6.07, 6.45) is -0.159. The standard InChI is InChI=1S/C27H34F2N4O2/c1-17(34)32-24(13-18-11-20(28)15-21(29)12-18)26(35)16-31-23-7-9-33(10-8-30)25-6-5-19(14-22(23)25)27(2,3)4/h5-6,11-12,14-15,23-24,26,31,35H,7,9-10,13,16H2,1-4H3,(H,32,34)/t23-,24-,26-/m0/s1. The molecule has 1 heterocycles. The quantitative estimate of drug-likeness (QED) is 0.497. The van der Waals surface area contributed by atoms with Crippen molar-refractivity contribution in [2.75, 3.05) is 24.5 Å². The van der Waals surface area contributed by atoms with E-state index < -0.39 is 23.8 Å². The largest absolute Gasteiger partial charge is 0.390 e. The van der Waals surface area contributed by atoms with Gasteiger partial charge < -0.3 is 20.6 Å². The van der Waals surface area contributed by atoms with E-state index in [0.29, 0.717) is 18.7 Å². The molecule has 0 unspecified atom stereocenters. The number of halogens is 2. The summed E-state index contributed by atoms with van der Waals surface area (Å²) in [6.45, 7) is 8.93. The molecule has 3 rings (SSSR count). The average molecular weight is 485 g/mol. The van der Waals surface area contributed by atoms with E-state index in [-0.39, 0.29) is 30.3 Å². The van der Waals surface area contributed by atoms with Gasteiger partial charge in [0, 0.05) is 37.8 Å². The lowest BCUT2D eigenvalue weighted by molar-refractivity contribution is -0.120. The van der Waals surface area contributed by atoms with Crippen LogP contribution in [0.3, 0.4) is 0 Å². The molecule has 0 radical (unpaired) electrons. The Hall–Kier alpha value is -3.02. The van der Waals surface area contributed by atoms with Gasteiger partial charge >= 0.3 is 0 Å². The van der Waals surface area contributed by atoms with Crippen molar-refractivity contribution in [3.05, 3.63) is 64.7 Å². The number of aliphatic hydroxyl groups is 1. The molecule has 0 bridgehead atoms. The zero-order valence-electron chi connectivity index (χ0n) is 20.7. The maximum Gasteiger partial charge on any atom is 0.217 e. The van der Waals surface area contributed by atoms with Crippen LogP contribution in [0.5, 0.6) is 0 Å². The number of carbonyl (C=O) groups is 1. The maximum atomic E-state index is 13.7. The monoisotopic (exact) mass is 484 g/mol. The van der Waals surface area contributed by atoms with Gasteiger partial charge in [0.15, 0.2) is 0 Å². The lowest BCUT2D eigenvalue weighted by atomic mass is 9.83. The van der Waals surface area contributed by atoms with E-state index in [2.05, 4.69) is 60.6 Å². The molecule has 3 N–H and O–H groups in total. The zero-order valence-corrected chi connectivity index (χ0v) is 20.7. The highest BCUT2D eigenvalue weighted by Crippen LogP contribution is 2.37. The molecule has 1 aliphatic rings. The van der Waals surface area contributed by atoms with Crippen molar-refractivity contribution in [2.45, 2.75) is 64.1 Å². The molecule has 1 amide bonds. The van der Waals surface area contributed by atoms with Gasteiger partial charge in [0.1, 0.15) is 18.2 Å². The van der Waals surface area contributed by atoms with Crippen molar-refractivity contribution in [3.63, 3.8) is 0 Å². The number of nitriles is 1. The SMILES string of the molecule is CC(=O)N[C@@H](Cc1cc(F)cc(F)c1)[C@@H](O)CN[C@H]1CCN(CC#N)c2ccc(C(C)(C)C)cc21. The summed E-state index contributed by atoms with van der Waals surface area (Å²) in [4.78, 5) is 13.8. The fraction of sp³-hybridized carbons (Fsp3) is 0.481. The number of nitrogens with one attached hydrogen (secondary N) is 2. The van der Waals surface area contributed by atoms with Crippen LogP contribution in [-0.2, 0) is 16.6 Å². The van der Waals surface area contributed by atoms with E-state index >= 15 is 0 Å². The molecule has 1 aliphatic heterocycles. The summed E-state index contributed by atoms with van der Waals surface area (Å²) in [5.74, 6) is -1.75. The van der Waals surface area contributed by atoms with Gasteiger partial charge in [-0.25, -0.2) is 8.78 Å².